The Morgan fingerprint density at radius 1 is 1.23 bits per heavy atom. The van der Waals surface area contributed by atoms with Crippen LogP contribution in [0.1, 0.15) is 47.0 Å². The Hall–Kier alpha value is -1.59. The Labute approximate surface area is 132 Å². The molecule has 6 nitrogen and oxygen atoms in total. The molecule has 1 N–H and O–H groups in total. The summed E-state index contributed by atoms with van der Waals surface area (Å²) < 4.78 is 4.72. The van der Waals surface area contributed by atoms with E-state index in [1.165, 1.54) is 7.11 Å². The summed E-state index contributed by atoms with van der Waals surface area (Å²) in [5, 5.41) is 3.00. The molecule has 1 heterocycles. The van der Waals surface area contributed by atoms with Crippen LogP contribution in [0.4, 0.5) is 0 Å². The summed E-state index contributed by atoms with van der Waals surface area (Å²) in [5.41, 5.74) is -0.477. The molecule has 1 fully saturated rings. The van der Waals surface area contributed by atoms with Crippen molar-refractivity contribution in [2.45, 2.75) is 53.0 Å². The lowest BCUT2D eigenvalue weighted by Crippen LogP contribution is -2.54. The Morgan fingerprint density at radius 3 is 2.36 bits per heavy atom. The first-order valence-corrected chi connectivity index (χ1v) is 7.82. The largest absolute Gasteiger partial charge is 0.469 e. The Balaban J connectivity index is 2.76. The molecule has 1 aliphatic heterocycles. The highest BCUT2D eigenvalue weighted by molar-refractivity contribution is 5.82. The first-order chi connectivity index (χ1) is 10.2. The first kappa shape index (κ1) is 18.5. The summed E-state index contributed by atoms with van der Waals surface area (Å²) in [4.78, 5) is 37.4. The van der Waals surface area contributed by atoms with Gasteiger partial charge in [0, 0.05) is 31.0 Å². The number of methoxy groups -OCH3 is 1. The second-order valence-corrected chi connectivity index (χ2v) is 6.95. The molecule has 0 saturated carbocycles. The number of hydrogen-bond acceptors (Lipinski definition) is 4. The van der Waals surface area contributed by atoms with Crippen LogP contribution in [-0.4, -0.2) is 48.9 Å². The van der Waals surface area contributed by atoms with Crippen molar-refractivity contribution in [3.05, 3.63) is 0 Å². The topological polar surface area (TPSA) is 75.7 Å². The highest BCUT2D eigenvalue weighted by Gasteiger charge is 2.33. The molecule has 1 saturated heterocycles. The zero-order valence-corrected chi connectivity index (χ0v) is 14.3. The van der Waals surface area contributed by atoms with Crippen molar-refractivity contribution < 1.29 is 19.1 Å². The van der Waals surface area contributed by atoms with Gasteiger partial charge >= 0.3 is 5.97 Å². The third kappa shape index (κ3) is 5.31. The van der Waals surface area contributed by atoms with Crippen LogP contribution in [0.15, 0.2) is 0 Å². The third-order valence-electron chi connectivity index (χ3n) is 3.89. The van der Waals surface area contributed by atoms with Gasteiger partial charge in [0.15, 0.2) is 0 Å². The van der Waals surface area contributed by atoms with Gasteiger partial charge in [-0.15, -0.1) is 0 Å². The number of carbonyl (C=O) groups is 3. The first-order valence-electron chi connectivity index (χ1n) is 7.82. The minimum Gasteiger partial charge on any atom is -0.469 e. The monoisotopic (exact) mass is 312 g/mol. The fourth-order valence-electron chi connectivity index (χ4n) is 2.60. The van der Waals surface area contributed by atoms with E-state index in [9.17, 15) is 14.4 Å². The maximum Gasteiger partial charge on any atom is 0.305 e. The predicted octanol–water partition coefficient (Wildman–Crippen LogP) is 1.34. The number of nitrogens with zero attached hydrogens (tertiary/aromatic N) is 1. The molecule has 126 valence electrons. The van der Waals surface area contributed by atoms with E-state index >= 15 is 0 Å². The number of rotatable bonds is 4. The molecule has 1 rings (SSSR count). The van der Waals surface area contributed by atoms with E-state index in [1.54, 1.807) is 4.90 Å². The molecule has 22 heavy (non-hydrogen) atoms. The zero-order chi connectivity index (χ0) is 16.9. The highest BCUT2D eigenvalue weighted by Crippen LogP contribution is 2.23. The maximum atomic E-state index is 12.2. The SMILES string of the molecule is CCC(=O)N1CC(CC(=O)OC)CC(NC(=O)C(C)(C)C)C1. The van der Waals surface area contributed by atoms with E-state index in [2.05, 4.69) is 5.32 Å². The Bertz CT molecular complexity index is 428. The van der Waals surface area contributed by atoms with Gasteiger partial charge in [-0.2, -0.15) is 0 Å². The lowest BCUT2D eigenvalue weighted by molar-refractivity contribution is -0.144. The summed E-state index contributed by atoms with van der Waals surface area (Å²) in [7, 11) is 1.36. The Kier molecular flexibility index (Phi) is 6.38. The zero-order valence-electron chi connectivity index (χ0n) is 14.3. The molecule has 1 aliphatic rings. The van der Waals surface area contributed by atoms with Crippen LogP contribution in [-0.2, 0) is 19.1 Å². The van der Waals surface area contributed by atoms with Crippen LogP contribution >= 0.6 is 0 Å². The molecular weight excluding hydrogens is 284 g/mol. The van der Waals surface area contributed by atoms with Gasteiger partial charge in [0.25, 0.3) is 0 Å². The second-order valence-electron chi connectivity index (χ2n) is 6.95. The average molecular weight is 312 g/mol. The lowest BCUT2D eigenvalue weighted by atomic mass is 9.89. The van der Waals surface area contributed by atoms with E-state index in [4.69, 9.17) is 4.74 Å². The van der Waals surface area contributed by atoms with Gasteiger partial charge in [0.05, 0.1) is 13.5 Å². The molecule has 0 spiro atoms. The summed E-state index contributed by atoms with van der Waals surface area (Å²) >= 11 is 0. The Morgan fingerprint density at radius 2 is 1.86 bits per heavy atom. The van der Waals surface area contributed by atoms with Gasteiger partial charge < -0.3 is 15.0 Å². The molecule has 0 aromatic carbocycles. The average Bonchev–Trinajstić information content (AvgIpc) is 2.44. The van der Waals surface area contributed by atoms with Crippen molar-refractivity contribution in [2.75, 3.05) is 20.2 Å². The summed E-state index contributed by atoms with van der Waals surface area (Å²) in [5.74, 6) is -0.261. The van der Waals surface area contributed by atoms with E-state index < -0.39 is 5.41 Å². The van der Waals surface area contributed by atoms with Gasteiger partial charge in [0.2, 0.25) is 11.8 Å². The summed E-state index contributed by atoms with van der Waals surface area (Å²) in [6.07, 6.45) is 1.38. The molecule has 2 unspecified atom stereocenters. The molecule has 2 atom stereocenters. The molecule has 6 heteroatoms. The summed E-state index contributed by atoms with van der Waals surface area (Å²) in [6, 6.07) is -0.120. The van der Waals surface area contributed by atoms with E-state index in [0.717, 1.165) is 0 Å². The number of piperidine rings is 1. The second kappa shape index (κ2) is 7.61. The molecule has 0 aromatic heterocycles. The van der Waals surface area contributed by atoms with Gasteiger partial charge in [-0.05, 0) is 12.3 Å². The quantitative estimate of drug-likeness (QED) is 0.795. The number of amides is 2. The van der Waals surface area contributed by atoms with Gasteiger partial charge in [-0.25, -0.2) is 0 Å². The predicted molar refractivity (Wildman–Crippen MR) is 83.0 cm³/mol. The molecule has 0 aromatic rings. The molecular formula is C16H28N2O4. The highest BCUT2D eigenvalue weighted by atomic mass is 16.5. The summed E-state index contributed by atoms with van der Waals surface area (Å²) in [6.45, 7) is 8.43. The van der Waals surface area contributed by atoms with Gasteiger partial charge in [0.1, 0.15) is 0 Å². The molecule has 0 radical (unpaired) electrons. The van der Waals surface area contributed by atoms with Crippen LogP contribution in [0.3, 0.4) is 0 Å². The van der Waals surface area contributed by atoms with Crippen molar-refractivity contribution in [3.8, 4) is 0 Å². The maximum absolute atomic E-state index is 12.2. The third-order valence-corrected chi connectivity index (χ3v) is 3.89. The number of esters is 1. The van der Waals surface area contributed by atoms with Crippen molar-refractivity contribution >= 4 is 17.8 Å². The fourth-order valence-corrected chi connectivity index (χ4v) is 2.60. The standard InChI is InChI=1S/C16H28N2O4/c1-6-13(19)18-9-11(8-14(20)22-5)7-12(10-18)17-15(21)16(2,3)4/h11-12H,6-10H2,1-5H3,(H,17,21). The van der Waals surface area contributed by atoms with Crippen LogP contribution in [0, 0.1) is 11.3 Å². The normalized spacial score (nSPS) is 22.1. The molecule has 0 bridgehead atoms. The molecule has 2 amide bonds. The number of carbonyl (C=O) groups excluding carboxylic acids is 3. The molecule has 0 aliphatic carbocycles. The number of hydrogen-bond donors (Lipinski definition) is 1. The van der Waals surface area contributed by atoms with Crippen molar-refractivity contribution in [2.24, 2.45) is 11.3 Å². The van der Waals surface area contributed by atoms with Crippen molar-refractivity contribution in [3.63, 3.8) is 0 Å². The van der Waals surface area contributed by atoms with Crippen LogP contribution in [0.5, 0.6) is 0 Å². The number of likely N-dealkylation sites (tertiary alicyclic amines) is 1. The van der Waals surface area contributed by atoms with E-state index in [0.29, 0.717) is 25.9 Å². The number of nitrogens with one attached hydrogen (secondary N) is 1. The smallest absolute Gasteiger partial charge is 0.305 e. The minimum atomic E-state index is -0.477. The fraction of sp³-hybridized carbons (Fsp3) is 0.812. The van der Waals surface area contributed by atoms with Crippen molar-refractivity contribution in [1.29, 1.82) is 0 Å². The number of ether oxygens (including phenoxy) is 1. The van der Waals surface area contributed by atoms with Gasteiger partial charge in [-0.1, -0.05) is 27.7 Å². The van der Waals surface area contributed by atoms with Crippen LogP contribution < -0.4 is 5.32 Å². The lowest BCUT2D eigenvalue weighted by Gasteiger charge is -2.38. The van der Waals surface area contributed by atoms with Gasteiger partial charge in [-0.3, -0.25) is 14.4 Å². The van der Waals surface area contributed by atoms with E-state index in [-0.39, 0.29) is 36.2 Å². The van der Waals surface area contributed by atoms with E-state index in [1.807, 2.05) is 27.7 Å². The van der Waals surface area contributed by atoms with Crippen molar-refractivity contribution in [1.82, 2.24) is 10.2 Å². The van der Waals surface area contributed by atoms with Crippen LogP contribution in [0.25, 0.3) is 0 Å². The minimum absolute atomic E-state index is 0.0157. The van der Waals surface area contributed by atoms with Crippen LogP contribution in [0.2, 0.25) is 0 Å².